The van der Waals surface area contributed by atoms with Gasteiger partial charge in [0.25, 0.3) is 6.43 Å². The molecule has 13 heavy (non-hydrogen) atoms. The van der Waals surface area contributed by atoms with E-state index in [-0.39, 0.29) is 5.56 Å². The molecule has 0 unspecified atom stereocenters. The minimum absolute atomic E-state index is 0.101. The molecule has 0 amide bonds. The average Bonchev–Trinajstić information content (AvgIpc) is 2.02. The van der Waals surface area contributed by atoms with Gasteiger partial charge in [-0.3, -0.25) is 0 Å². The van der Waals surface area contributed by atoms with Crippen LogP contribution in [0.15, 0.2) is 10.5 Å². The smallest absolute Gasteiger partial charge is 0.239 e. The maximum Gasteiger partial charge on any atom is 0.281 e. The predicted octanol–water partition coefficient (Wildman–Crippen LogP) is 3.26. The summed E-state index contributed by atoms with van der Waals surface area (Å²) < 4.78 is 25.5. The molecular weight excluding hydrogens is 357 g/mol. The molecule has 1 aromatic heterocycles. The number of nitrogens with zero attached hydrogens (tertiary/aromatic N) is 2. The predicted molar refractivity (Wildman–Crippen MR) is 54.3 cm³/mol. The number of hydrogen-bond acceptors (Lipinski definition) is 2. The molecule has 1 rings (SSSR count). The molecule has 0 atom stereocenters. The Morgan fingerprint density at radius 3 is 2.69 bits per heavy atom. The van der Waals surface area contributed by atoms with Crippen molar-refractivity contribution < 1.29 is 8.78 Å². The first-order chi connectivity index (χ1) is 6.06. The van der Waals surface area contributed by atoms with E-state index < -0.39 is 12.1 Å². The van der Waals surface area contributed by atoms with Gasteiger partial charge in [0.2, 0.25) is 0 Å². The molecule has 0 fully saturated rings. The van der Waals surface area contributed by atoms with Crippen LogP contribution in [0, 0.1) is 15.0 Å². The van der Waals surface area contributed by atoms with E-state index in [4.69, 9.17) is 5.26 Å². The SMILES string of the molecule is N#Cc1c(Br)cc(I)nc1C(F)F. The number of aromatic nitrogens is 1. The van der Waals surface area contributed by atoms with Crippen LogP contribution < -0.4 is 0 Å². The van der Waals surface area contributed by atoms with Crippen molar-refractivity contribution in [2.24, 2.45) is 0 Å². The van der Waals surface area contributed by atoms with Crippen molar-refractivity contribution in [2.75, 3.05) is 0 Å². The molecule has 0 radical (unpaired) electrons. The molecule has 0 aliphatic heterocycles. The fourth-order valence-corrected chi connectivity index (χ4v) is 2.28. The van der Waals surface area contributed by atoms with Crippen LogP contribution in [0.4, 0.5) is 8.78 Å². The van der Waals surface area contributed by atoms with E-state index >= 15 is 0 Å². The molecule has 1 aromatic rings. The zero-order valence-corrected chi connectivity index (χ0v) is 9.80. The van der Waals surface area contributed by atoms with Crippen LogP contribution in [0.2, 0.25) is 0 Å². The Labute approximate surface area is 95.2 Å². The molecule has 0 aromatic carbocycles. The van der Waals surface area contributed by atoms with Crippen LogP contribution in [-0.4, -0.2) is 4.98 Å². The van der Waals surface area contributed by atoms with Gasteiger partial charge in [0.15, 0.2) is 0 Å². The van der Waals surface area contributed by atoms with Crippen molar-refractivity contribution in [3.8, 4) is 6.07 Å². The van der Waals surface area contributed by atoms with Crippen LogP contribution in [0.3, 0.4) is 0 Å². The normalized spacial score (nSPS) is 10.2. The average molecular weight is 359 g/mol. The van der Waals surface area contributed by atoms with E-state index in [1.54, 1.807) is 6.07 Å². The van der Waals surface area contributed by atoms with Gasteiger partial charge < -0.3 is 0 Å². The molecule has 1 heterocycles. The van der Waals surface area contributed by atoms with Gasteiger partial charge in [-0.2, -0.15) is 5.26 Å². The summed E-state index contributed by atoms with van der Waals surface area (Å²) in [4.78, 5) is 3.59. The molecule has 0 saturated carbocycles. The van der Waals surface area contributed by atoms with E-state index in [1.807, 2.05) is 22.6 Å². The molecular formula is C7H2BrF2IN2. The Bertz CT molecular complexity index is 375. The molecule has 0 saturated heterocycles. The van der Waals surface area contributed by atoms with Crippen LogP contribution >= 0.6 is 38.5 Å². The lowest BCUT2D eigenvalue weighted by Crippen LogP contribution is -1.98. The highest BCUT2D eigenvalue weighted by atomic mass is 127. The van der Waals surface area contributed by atoms with Crippen LogP contribution in [0.5, 0.6) is 0 Å². The summed E-state index contributed by atoms with van der Waals surface area (Å²) in [5, 5.41) is 8.58. The van der Waals surface area contributed by atoms with Crippen molar-refractivity contribution in [3.05, 3.63) is 25.5 Å². The lowest BCUT2D eigenvalue weighted by atomic mass is 10.2. The summed E-state index contributed by atoms with van der Waals surface area (Å²) in [6, 6.07) is 3.20. The van der Waals surface area contributed by atoms with Crippen LogP contribution in [-0.2, 0) is 0 Å². The summed E-state index contributed by atoms with van der Waals surface area (Å²) in [6.45, 7) is 0. The maximum atomic E-state index is 12.3. The lowest BCUT2D eigenvalue weighted by Gasteiger charge is -2.03. The van der Waals surface area contributed by atoms with Gasteiger partial charge in [0, 0.05) is 4.47 Å². The Hall–Kier alpha value is -0.290. The summed E-state index contributed by atoms with van der Waals surface area (Å²) in [7, 11) is 0. The second-order valence-electron chi connectivity index (χ2n) is 2.10. The van der Waals surface area contributed by atoms with Crippen molar-refractivity contribution >= 4 is 38.5 Å². The molecule has 0 spiro atoms. The van der Waals surface area contributed by atoms with Gasteiger partial charge in [-0.05, 0) is 44.6 Å². The monoisotopic (exact) mass is 358 g/mol. The quantitative estimate of drug-likeness (QED) is 0.570. The number of alkyl halides is 2. The number of pyridine rings is 1. The van der Waals surface area contributed by atoms with Crippen molar-refractivity contribution in [2.45, 2.75) is 6.43 Å². The summed E-state index contributed by atoms with van der Waals surface area (Å²) in [5.41, 5.74) is -0.573. The largest absolute Gasteiger partial charge is 0.281 e. The fraction of sp³-hybridized carbons (Fsp3) is 0.143. The van der Waals surface area contributed by atoms with Gasteiger partial charge >= 0.3 is 0 Å². The highest BCUT2D eigenvalue weighted by molar-refractivity contribution is 14.1. The van der Waals surface area contributed by atoms with E-state index in [9.17, 15) is 8.78 Å². The number of rotatable bonds is 1. The lowest BCUT2D eigenvalue weighted by molar-refractivity contribution is 0.145. The third-order valence-electron chi connectivity index (χ3n) is 1.29. The Kier molecular flexibility index (Phi) is 3.55. The Balaban J connectivity index is 3.41. The van der Waals surface area contributed by atoms with Gasteiger partial charge in [-0.1, -0.05) is 0 Å². The van der Waals surface area contributed by atoms with Gasteiger partial charge in [-0.25, -0.2) is 13.8 Å². The second-order valence-corrected chi connectivity index (χ2v) is 4.06. The molecule has 68 valence electrons. The second kappa shape index (κ2) is 4.28. The topological polar surface area (TPSA) is 36.7 Å². The molecule has 2 nitrogen and oxygen atoms in total. The van der Waals surface area contributed by atoms with Gasteiger partial charge in [0.05, 0.1) is 5.56 Å². The van der Waals surface area contributed by atoms with E-state index in [2.05, 4.69) is 20.9 Å². The third kappa shape index (κ3) is 2.34. The highest BCUT2D eigenvalue weighted by Crippen LogP contribution is 2.27. The minimum atomic E-state index is -2.72. The zero-order valence-electron chi connectivity index (χ0n) is 6.06. The molecule has 0 bridgehead atoms. The Morgan fingerprint density at radius 1 is 1.62 bits per heavy atom. The number of nitriles is 1. The third-order valence-corrected chi connectivity index (χ3v) is 2.46. The number of hydrogen-bond donors (Lipinski definition) is 0. The van der Waals surface area contributed by atoms with Crippen LogP contribution in [0.25, 0.3) is 0 Å². The zero-order chi connectivity index (χ0) is 10.0. The van der Waals surface area contributed by atoms with Gasteiger partial charge in [0.1, 0.15) is 15.5 Å². The van der Waals surface area contributed by atoms with E-state index in [1.165, 1.54) is 6.07 Å². The highest BCUT2D eigenvalue weighted by Gasteiger charge is 2.18. The molecule has 0 N–H and O–H groups in total. The summed E-state index contributed by atoms with van der Waals surface area (Å²) in [6.07, 6.45) is -2.72. The van der Waals surface area contributed by atoms with Gasteiger partial charge in [-0.15, -0.1) is 0 Å². The first-order valence-electron chi connectivity index (χ1n) is 3.10. The molecule has 0 aliphatic rings. The first kappa shape index (κ1) is 10.8. The minimum Gasteiger partial charge on any atom is -0.239 e. The Morgan fingerprint density at radius 2 is 2.23 bits per heavy atom. The van der Waals surface area contributed by atoms with Crippen molar-refractivity contribution in [1.82, 2.24) is 4.98 Å². The summed E-state index contributed by atoms with van der Waals surface area (Å²) in [5.74, 6) is 0. The van der Waals surface area contributed by atoms with Crippen molar-refractivity contribution in [3.63, 3.8) is 0 Å². The first-order valence-corrected chi connectivity index (χ1v) is 4.97. The maximum absolute atomic E-state index is 12.3. The molecule has 0 aliphatic carbocycles. The van der Waals surface area contributed by atoms with Crippen molar-refractivity contribution in [1.29, 1.82) is 5.26 Å². The standard InChI is InChI=1S/C7H2BrF2IN2/c8-4-1-5(11)13-6(7(9)10)3(4)2-12/h1,7H. The summed E-state index contributed by atoms with van der Waals surface area (Å²) >= 11 is 4.84. The fourth-order valence-electron chi connectivity index (χ4n) is 0.771. The van der Waals surface area contributed by atoms with Crippen LogP contribution in [0.1, 0.15) is 17.7 Å². The number of halogens is 4. The molecule has 6 heteroatoms. The van der Waals surface area contributed by atoms with E-state index in [0.29, 0.717) is 8.17 Å². The van der Waals surface area contributed by atoms with E-state index in [0.717, 1.165) is 0 Å².